The Morgan fingerprint density at radius 3 is 2.17 bits per heavy atom. The highest BCUT2D eigenvalue weighted by Gasteiger charge is 2.21. The predicted molar refractivity (Wildman–Crippen MR) is 93.7 cm³/mol. The number of carbonyl (C=O) groups is 2. The first-order valence-corrected chi connectivity index (χ1v) is 7.87. The molecule has 2 aromatic rings. The van der Waals surface area contributed by atoms with Crippen LogP contribution in [0.4, 0.5) is 0 Å². The third-order valence-electron chi connectivity index (χ3n) is 3.33. The Kier molecular flexibility index (Phi) is 6.32. The van der Waals surface area contributed by atoms with E-state index in [0.717, 1.165) is 5.56 Å². The number of hydrogen-bond donors (Lipinski definition) is 0. The fourth-order valence-electron chi connectivity index (χ4n) is 2.27. The first-order valence-electron chi connectivity index (χ1n) is 7.87. The molecule has 0 unspecified atom stereocenters. The van der Waals surface area contributed by atoms with Crippen LogP contribution in [-0.2, 0) is 9.47 Å². The van der Waals surface area contributed by atoms with Gasteiger partial charge in [-0.05, 0) is 31.0 Å². The van der Waals surface area contributed by atoms with Gasteiger partial charge in [-0.2, -0.15) is 0 Å². The number of rotatable bonds is 6. The molecule has 0 amide bonds. The van der Waals surface area contributed by atoms with Crippen LogP contribution in [0.2, 0.25) is 0 Å². The highest BCUT2D eigenvalue weighted by Crippen LogP contribution is 2.20. The lowest BCUT2D eigenvalue weighted by Crippen LogP contribution is -2.15. The van der Waals surface area contributed by atoms with E-state index in [1.165, 1.54) is 0 Å². The number of hydrogen-bond acceptors (Lipinski definition) is 4. The normalized spacial score (nSPS) is 10.6. The van der Waals surface area contributed by atoms with Crippen LogP contribution in [-0.4, -0.2) is 25.2 Å². The molecular weight excluding hydrogens is 304 g/mol. The highest BCUT2D eigenvalue weighted by atomic mass is 16.5. The molecule has 2 aromatic carbocycles. The van der Waals surface area contributed by atoms with Gasteiger partial charge >= 0.3 is 11.9 Å². The maximum Gasteiger partial charge on any atom is 0.339 e. The van der Waals surface area contributed by atoms with Gasteiger partial charge in [0.05, 0.1) is 24.3 Å². The van der Waals surface area contributed by atoms with Crippen LogP contribution in [0.5, 0.6) is 0 Å². The average Bonchev–Trinajstić information content (AvgIpc) is 2.61. The Morgan fingerprint density at radius 1 is 0.833 bits per heavy atom. The summed E-state index contributed by atoms with van der Waals surface area (Å²) < 4.78 is 10.2. The maximum absolute atomic E-state index is 12.3. The van der Waals surface area contributed by atoms with Crippen molar-refractivity contribution in [3.63, 3.8) is 0 Å². The minimum atomic E-state index is -0.533. The molecule has 0 saturated heterocycles. The van der Waals surface area contributed by atoms with Gasteiger partial charge < -0.3 is 9.47 Å². The van der Waals surface area contributed by atoms with Gasteiger partial charge in [-0.25, -0.2) is 9.59 Å². The minimum absolute atomic E-state index is 0.213. The second-order valence-electron chi connectivity index (χ2n) is 4.95. The van der Waals surface area contributed by atoms with Crippen LogP contribution in [0.1, 0.15) is 45.7 Å². The van der Waals surface area contributed by atoms with Gasteiger partial charge in [-0.3, -0.25) is 0 Å². The van der Waals surface area contributed by atoms with E-state index in [1.807, 2.05) is 36.4 Å². The fourth-order valence-corrected chi connectivity index (χ4v) is 2.27. The molecule has 0 aliphatic carbocycles. The van der Waals surface area contributed by atoms with E-state index >= 15 is 0 Å². The fraction of sp³-hybridized carbons (Fsp3) is 0.200. The summed E-state index contributed by atoms with van der Waals surface area (Å²) >= 11 is 0. The first kappa shape index (κ1) is 17.5. The predicted octanol–water partition coefficient (Wildman–Crippen LogP) is 4.21. The molecule has 0 saturated carbocycles. The van der Waals surface area contributed by atoms with Crippen LogP contribution in [0.3, 0.4) is 0 Å². The SMILES string of the molecule is CCOC(=O)c1cccc(C=Cc2ccccc2)c1C(=O)OCC. The molecule has 0 aliphatic heterocycles. The molecule has 124 valence electrons. The number of ether oxygens (including phenoxy) is 2. The van der Waals surface area contributed by atoms with E-state index in [0.29, 0.717) is 5.56 Å². The van der Waals surface area contributed by atoms with Crippen LogP contribution in [0.15, 0.2) is 48.5 Å². The maximum atomic E-state index is 12.3. The van der Waals surface area contributed by atoms with Crippen LogP contribution >= 0.6 is 0 Å². The summed E-state index contributed by atoms with van der Waals surface area (Å²) in [6.45, 7) is 3.93. The largest absolute Gasteiger partial charge is 0.462 e. The third kappa shape index (κ3) is 4.32. The average molecular weight is 324 g/mol. The summed E-state index contributed by atoms with van der Waals surface area (Å²) in [5.74, 6) is -1.07. The number of carbonyl (C=O) groups excluding carboxylic acids is 2. The number of esters is 2. The number of benzene rings is 2. The van der Waals surface area contributed by atoms with Gasteiger partial charge in [0.1, 0.15) is 0 Å². The van der Waals surface area contributed by atoms with Gasteiger partial charge in [0, 0.05) is 0 Å². The molecule has 0 radical (unpaired) electrons. The standard InChI is InChI=1S/C20H20O4/c1-3-23-19(21)17-12-8-11-16(18(17)20(22)24-4-2)14-13-15-9-6-5-7-10-15/h5-14H,3-4H2,1-2H3. The van der Waals surface area contributed by atoms with Gasteiger partial charge in [0.25, 0.3) is 0 Å². The van der Waals surface area contributed by atoms with Gasteiger partial charge in [0.15, 0.2) is 0 Å². The van der Waals surface area contributed by atoms with Gasteiger partial charge in [-0.1, -0.05) is 54.6 Å². The summed E-state index contributed by atoms with van der Waals surface area (Å²) in [6.07, 6.45) is 3.68. The van der Waals surface area contributed by atoms with Gasteiger partial charge in [-0.15, -0.1) is 0 Å². The Balaban J connectivity index is 2.46. The first-order chi connectivity index (χ1) is 11.7. The quantitative estimate of drug-likeness (QED) is 0.590. The van der Waals surface area contributed by atoms with Crippen molar-refractivity contribution in [2.24, 2.45) is 0 Å². The monoisotopic (exact) mass is 324 g/mol. The Morgan fingerprint density at radius 2 is 1.50 bits per heavy atom. The van der Waals surface area contributed by atoms with E-state index in [1.54, 1.807) is 38.1 Å². The second kappa shape index (κ2) is 8.67. The molecule has 0 aromatic heterocycles. The van der Waals surface area contributed by atoms with Crippen molar-refractivity contribution in [2.45, 2.75) is 13.8 Å². The second-order valence-corrected chi connectivity index (χ2v) is 4.95. The molecule has 0 atom stereocenters. The zero-order valence-electron chi connectivity index (χ0n) is 13.8. The lowest BCUT2D eigenvalue weighted by atomic mass is 9.99. The lowest BCUT2D eigenvalue weighted by molar-refractivity contribution is 0.0478. The van der Waals surface area contributed by atoms with Crippen molar-refractivity contribution < 1.29 is 19.1 Å². The van der Waals surface area contributed by atoms with Crippen LogP contribution in [0, 0.1) is 0 Å². The summed E-state index contributed by atoms with van der Waals surface area (Å²) in [7, 11) is 0. The Bertz CT molecular complexity index is 733. The summed E-state index contributed by atoms with van der Waals surface area (Å²) in [5.41, 5.74) is 2.05. The summed E-state index contributed by atoms with van der Waals surface area (Å²) in [4.78, 5) is 24.5. The van der Waals surface area contributed by atoms with E-state index in [-0.39, 0.29) is 24.3 Å². The zero-order chi connectivity index (χ0) is 17.4. The van der Waals surface area contributed by atoms with Crippen molar-refractivity contribution in [2.75, 3.05) is 13.2 Å². The van der Waals surface area contributed by atoms with E-state index in [4.69, 9.17) is 9.47 Å². The van der Waals surface area contributed by atoms with E-state index in [9.17, 15) is 9.59 Å². The molecule has 4 nitrogen and oxygen atoms in total. The van der Waals surface area contributed by atoms with Crippen molar-refractivity contribution in [1.29, 1.82) is 0 Å². The molecule has 4 heteroatoms. The molecule has 24 heavy (non-hydrogen) atoms. The Labute approximate surface area is 141 Å². The van der Waals surface area contributed by atoms with E-state index in [2.05, 4.69) is 0 Å². The topological polar surface area (TPSA) is 52.6 Å². The van der Waals surface area contributed by atoms with Gasteiger partial charge in [0.2, 0.25) is 0 Å². The molecule has 0 bridgehead atoms. The highest BCUT2D eigenvalue weighted by molar-refractivity contribution is 6.06. The van der Waals surface area contributed by atoms with E-state index < -0.39 is 11.9 Å². The zero-order valence-corrected chi connectivity index (χ0v) is 13.8. The summed E-state index contributed by atoms with van der Waals surface area (Å²) in [5, 5.41) is 0. The molecule has 0 fully saturated rings. The van der Waals surface area contributed by atoms with Crippen LogP contribution < -0.4 is 0 Å². The van der Waals surface area contributed by atoms with Crippen molar-refractivity contribution in [3.05, 3.63) is 70.8 Å². The van der Waals surface area contributed by atoms with Crippen LogP contribution in [0.25, 0.3) is 12.2 Å². The lowest BCUT2D eigenvalue weighted by Gasteiger charge is -2.11. The Hall–Kier alpha value is -2.88. The molecule has 0 N–H and O–H groups in total. The molecule has 0 heterocycles. The van der Waals surface area contributed by atoms with Crippen molar-refractivity contribution in [1.82, 2.24) is 0 Å². The van der Waals surface area contributed by atoms with Crippen molar-refractivity contribution >= 4 is 24.1 Å². The molecule has 0 spiro atoms. The third-order valence-corrected chi connectivity index (χ3v) is 3.33. The summed E-state index contributed by atoms with van der Waals surface area (Å²) in [6, 6.07) is 14.8. The minimum Gasteiger partial charge on any atom is -0.462 e. The molecule has 2 rings (SSSR count). The smallest absolute Gasteiger partial charge is 0.339 e. The molecular formula is C20H20O4. The van der Waals surface area contributed by atoms with Crippen molar-refractivity contribution in [3.8, 4) is 0 Å². The molecule has 0 aliphatic rings.